The molecule has 0 rings (SSSR count). The molecule has 3 nitrogen and oxygen atoms in total. The molecule has 0 atom stereocenters. The van der Waals surface area contributed by atoms with Crippen molar-refractivity contribution in [1.82, 2.24) is 0 Å². The highest BCUT2D eigenvalue weighted by atomic mass is 16.5. The van der Waals surface area contributed by atoms with E-state index in [0.717, 1.165) is 17.6 Å². The number of ether oxygens (including phenoxy) is 1. The van der Waals surface area contributed by atoms with Crippen LogP contribution in [0.15, 0.2) is 0 Å². The van der Waals surface area contributed by atoms with E-state index < -0.39 is 0 Å². The lowest BCUT2D eigenvalue weighted by Gasteiger charge is -2.29. The molecule has 14 heavy (non-hydrogen) atoms. The molecule has 0 amide bonds. The van der Waals surface area contributed by atoms with Crippen molar-refractivity contribution < 1.29 is 14.0 Å². The third kappa shape index (κ3) is 8.05. The number of esters is 1. The zero-order chi connectivity index (χ0) is 11.0. The number of likely N-dealkylation sites (N-methyl/N-ethyl adjacent to an activating group) is 1. The van der Waals surface area contributed by atoms with Crippen LogP contribution in [0.4, 0.5) is 0 Å². The van der Waals surface area contributed by atoms with Crippen molar-refractivity contribution in [3.8, 4) is 0 Å². The maximum atomic E-state index is 10.6. The van der Waals surface area contributed by atoms with Gasteiger partial charge in [0.1, 0.15) is 13.2 Å². The number of rotatable bonds is 7. The van der Waals surface area contributed by atoms with E-state index in [1.54, 1.807) is 0 Å². The Morgan fingerprint density at radius 2 is 1.86 bits per heavy atom. The van der Waals surface area contributed by atoms with Crippen molar-refractivity contribution in [3.63, 3.8) is 0 Å². The molecule has 0 aromatic heterocycles. The first-order chi connectivity index (χ1) is 6.48. The van der Waals surface area contributed by atoms with Crippen molar-refractivity contribution in [2.24, 2.45) is 0 Å². The number of quaternary nitrogens is 1. The van der Waals surface area contributed by atoms with Gasteiger partial charge in [0.05, 0.1) is 20.6 Å². The molecule has 0 bridgehead atoms. The van der Waals surface area contributed by atoms with Crippen molar-refractivity contribution in [3.05, 3.63) is 0 Å². The number of hydrogen-bond acceptors (Lipinski definition) is 2. The van der Waals surface area contributed by atoms with Crippen LogP contribution >= 0.6 is 0 Å². The largest absolute Gasteiger partial charge is 0.460 e. The first kappa shape index (κ1) is 13.4. The second-order valence-corrected chi connectivity index (χ2v) is 4.43. The molecule has 0 fully saturated rings. The normalized spacial score (nSPS) is 11.4. The van der Waals surface area contributed by atoms with Gasteiger partial charge in [0.2, 0.25) is 0 Å². The SMILES string of the molecule is CCCCC[N+](C)(C)CCOC(C)=O. The lowest BCUT2D eigenvalue weighted by molar-refractivity contribution is -0.890. The first-order valence-corrected chi connectivity index (χ1v) is 5.43. The molecule has 84 valence electrons. The Morgan fingerprint density at radius 3 is 2.36 bits per heavy atom. The Hall–Kier alpha value is -0.570. The minimum atomic E-state index is -0.182. The lowest BCUT2D eigenvalue weighted by atomic mass is 10.2. The van der Waals surface area contributed by atoms with Crippen LogP contribution in [0.5, 0.6) is 0 Å². The molecule has 0 aliphatic rings. The Balaban J connectivity index is 3.55. The predicted molar refractivity (Wildman–Crippen MR) is 58.0 cm³/mol. The fraction of sp³-hybridized carbons (Fsp3) is 0.909. The van der Waals surface area contributed by atoms with Gasteiger partial charge >= 0.3 is 5.97 Å². The highest BCUT2D eigenvalue weighted by molar-refractivity contribution is 5.65. The molecule has 0 aromatic rings. The van der Waals surface area contributed by atoms with E-state index in [4.69, 9.17) is 4.74 Å². The molecule has 3 heteroatoms. The summed E-state index contributed by atoms with van der Waals surface area (Å²) >= 11 is 0. The number of carbonyl (C=O) groups is 1. The second kappa shape index (κ2) is 6.82. The smallest absolute Gasteiger partial charge is 0.302 e. The molecule has 0 saturated carbocycles. The van der Waals surface area contributed by atoms with E-state index in [0.29, 0.717) is 6.61 Å². The van der Waals surface area contributed by atoms with Crippen LogP contribution in [0.25, 0.3) is 0 Å². The molecule has 0 heterocycles. The van der Waals surface area contributed by atoms with Gasteiger partial charge in [0, 0.05) is 6.92 Å². The van der Waals surface area contributed by atoms with Crippen molar-refractivity contribution in [2.75, 3.05) is 33.8 Å². The van der Waals surface area contributed by atoms with Crippen LogP contribution in [0.1, 0.15) is 33.1 Å². The van der Waals surface area contributed by atoms with Crippen LogP contribution in [-0.4, -0.2) is 44.2 Å². The Labute approximate surface area is 87.6 Å². The zero-order valence-electron chi connectivity index (χ0n) is 10.0. The average molecular weight is 202 g/mol. The average Bonchev–Trinajstić information content (AvgIpc) is 2.03. The van der Waals surface area contributed by atoms with Gasteiger partial charge in [-0.2, -0.15) is 0 Å². The van der Waals surface area contributed by atoms with E-state index in [1.165, 1.54) is 26.2 Å². The fourth-order valence-electron chi connectivity index (χ4n) is 1.34. The van der Waals surface area contributed by atoms with Crippen LogP contribution in [0.2, 0.25) is 0 Å². The Kier molecular flexibility index (Phi) is 6.54. The van der Waals surface area contributed by atoms with E-state index in [-0.39, 0.29) is 5.97 Å². The molecule has 0 aliphatic carbocycles. The predicted octanol–water partition coefficient (Wildman–Crippen LogP) is 1.82. The molecule has 0 spiro atoms. The van der Waals surface area contributed by atoms with Gasteiger partial charge in [-0.3, -0.25) is 4.79 Å². The van der Waals surface area contributed by atoms with Gasteiger partial charge < -0.3 is 9.22 Å². The molecule has 0 saturated heterocycles. The second-order valence-electron chi connectivity index (χ2n) is 4.43. The van der Waals surface area contributed by atoms with E-state index in [1.807, 2.05) is 0 Å². The maximum absolute atomic E-state index is 10.6. The van der Waals surface area contributed by atoms with Crippen LogP contribution in [-0.2, 0) is 9.53 Å². The highest BCUT2D eigenvalue weighted by Crippen LogP contribution is 2.03. The van der Waals surface area contributed by atoms with Crippen molar-refractivity contribution in [1.29, 1.82) is 0 Å². The number of unbranched alkanes of at least 4 members (excludes halogenated alkanes) is 2. The van der Waals surface area contributed by atoms with E-state index >= 15 is 0 Å². The van der Waals surface area contributed by atoms with Gasteiger partial charge in [-0.25, -0.2) is 0 Å². The standard InChI is InChI=1S/C11H24NO2/c1-5-6-7-8-12(3,4)9-10-14-11(2)13/h5-10H2,1-4H3/q+1. The maximum Gasteiger partial charge on any atom is 0.302 e. The van der Waals surface area contributed by atoms with E-state index in [2.05, 4.69) is 21.0 Å². The minimum Gasteiger partial charge on any atom is -0.460 e. The van der Waals surface area contributed by atoms with Crippen LogP contribution in [0.3, 0.4) is 0 Å². The first-order valence-electron chi connectivity index (χ1n) is 5.43. The van der Waals surface area contributed by atoms with Crippen LogP contribution in [0, 0.1) is 0 Å². The Bertz CT molecular complexity index is 167. The summed E-state index contributed by atoms with van der Waals surface area (Å²) < 4.78 is 5.87. The summed E-state index contributed by atoms with van der Waals surface area (Å²) in [5.41, 5.74) is 0. The molecule has 0 unspecified atom stereocenters. The summed E-state index contributed by atoms with van der Waals surface area (Å²) in [7, 11) is 4.36. The summed E-state index contributed by atoms with van der Waals surface area (Å²) in [6, 6.07) is 0. The summed E-state index contributed by atoms with van der Waals surface area (Å²) in [5.74, 6) is -0.182. The molecule has 0 aliphatic heterocycles. The van der Waals surface area contributed by atoms with Gasteiger partial charge in [0.25, 0.3) is 0 Å². The molecule has 0 aromatic carbocycles. The molecule has 0 radical (unpaired) electrons. The minimum absolute atomic E-state index is 0.182. The number of nitrogens with zero attached hydrogens (tertiary/aromatic N) is 1. The third-order valence-electron chi connectivity index (χ3n) is 2.37. The third-order valence-corrected chi connectivity index (χ3v) is 2.37. The summed E-state index contributed by atoms with van der Waals surface area (Å²) in [6.07, 6.45) is 3.79. The quantitative estimate of drug-likeness (QED) is 0.357. The van der Waals surface area contributed by atoms with Crippen molar-refractivity contribution in [2.45, 2.75) is 33.1 Å². The highest BCUT2D eigenvalue weighted by Gasteiger charge is 2.14. The topological polar surface area (TPSA) is 26.3 Å². The van der Waals surface area contributed by atoms with E-state index in [9.17, 15) is 4.79 Å². The summed E-state index contributed by atoms with van der Waals surface area (Å²) in [4.78, 5) is 10.6. The van der Waals surface area contributed by atoms with Gasteiger partial charge in [-0.05, 0) is 12.8 Å². The fourth-order valence-corrected chi connectivity index (χ4v) is 1.34. The van der Waals surface area contributed by atoms with Gasteiger partial charge in [-0.15, -0.1) is 0 Å². The molecular formula is C11H24NO2+. The summed E-state index contributed by atoms with van der Waals surface area (Å²) in [6.45, 7) is 6.27. The number of carbonyl (C=O) groups excluding carboxylic acids is 1. The number of hydrogen-bond donors (Lipinski definition) is 0. The van der Waals surface area contributed by atoms with Gasteiger partial charge in [-0.1, -0.05) is 13.3 Å². The molecular weight excluding hydrogens is 178 g/mol. The van der Waals surface area contributed by atoms with Crippen LogP contribution < -0.4 is 0 Å². The monoisotopic (exact) mass is 202 g/mol. The van der Waals surface area contributed by atoms with Crippen molar-refractivity contribution >= 4 is 5.97 Å². The Morgan fingerprint density at radius 1 is 1.21 bits per heavy atom. The summed E-state index contributed by atoms with van der Waals surface area (Å²) in [5, 5.41) is 0. The van der Waals surface area contributed by atoms with Gasteiger partial charge in [0.15, 0.2) is 0 Å². The zero-order valence-corrected chi connectivity index (χ0v) is 10.0. The molecule has 0 N–H and O–H groups in total. The lowest BCUT2D eigenvalue weighted by Crippen LogP contribution is -2.43.